The van der Waals surface area contributed by atoms with Crippen LogP contribution in [0.25, 0.3) is 6.08 Å². The monoisotopic (exact) mass is 343 g/mol. The average Bonchev–Trinajstić information content (AvgIpc) is 2.65. The molecule has 0 aliphatic rings. The highest BCUT2D eigenvalue weighted by molar-refractivity contribution is 6.08. The van der Waals surface area contributed by atoms with E-state index in [9.17, 15) is 14.9 Å². The Labute approximate surface area is 144 Å². The van der Waals surface area contributed by atoms with Gasteiger partial charge in [0.25, 0.3) is 0 Å². The number of hydrogen-bond donors (Lipinski definition) is 0. The molecule has 2 rings (SSSR count). The molecule has 0 spiro atoms. The van der Waals surface area contributed by atoms with Crippen LogP contribution < -0.4 is 14.2 Å². The summed E-state index contributed by atoms with van der Waals surface area (Å²) in [6, 6.07) is 9.31. The number of ether oxygens (including phenoxy) is 3. The van der Waals surface area contributed by atoms with E-state index in [-0.39, 0.29) is 17.2 Å². The molecule has 0 N–H and O–H groups in total. The Morgan fingerprint density at radius 1 is 1.00 bits per heavy atom. The van der Waals surface area contributed by atoms with Crippen LogP contribution in [0.2, 0.25) is 0 Å². The molecule has 2 aromatic rings. The van der Waals surface area contributed by atoms with Gasteiger partial charge in [-0.15, -0.1) is 0 Å². The molecule has 0 saturated carbocycles. The van der Waals surface area contributed by atoms with Gasteiger partial charge >= 0.3 is 5.69 Å². The summed E-state index contributed by atoms with van der Waals surface area (Å²) in [5.41, 5.74) is 0.704. The molecule has 0 radical (unpaired) electrons. The van der Waals surface area contributed by atoms with Crippen molar-refractivity contribution < 1.29 is 23.9 Å². The van der Waals surface area contributed by atoms with Gasteiger partial charge in [0.05, 0.1) is 31.8 Å². The van der Waals surface area contributed by atoms with Gasteiger partial charge in [-0.2, -0.15) is 0 Å². The first-order chi connectivity index (χ1) is 12.0. The zero-order valence-electron chi connectivity index (χ0n) is 14.0. The lowest BCUT2D eigenvalue weighted by Crippen LogP contribution is -1.99. The first-order valence-electron chi connectivity index (χ1n) is 7.27. The molecule has 0 unspecified atom stereocenters. The van der Waals surface area contributed by atoms with Crippen LogP contribution in [0.3, 0.4) is 0 Å². The molecule has 0 heterocycles. The molecule has 7 heteroatoms. The smallest absolute Gasteiger partial charge is 0.311 e. The number of nitro benzene ring substituents is 1. The number of hydrogen-bond acceptors (Lipinski definition) is 6. The summed E-state index contributed by atoms with van der Waals surface area (Å²) in [5, 5.41) is 11.0. The SMILES string of the molecule is COc1ccc(C(=O)/C=C/c2ccc(OC)c([N+](=O)[O-])c2)c(OC)c1. The Balaban J connectivity index is 2.29. The van der Waals surface area contributed by atoms with Crippen LogP contribution in [-0.4, -0.2) is 32.0 Å². The maximum absolute atomic E-state index is 12.4. The standard InChI is InChI=1S/C18H17NO6/c1-23-13-6-7-14(18(11-13)25-3)16(20)8-4-12-5-9-17(24-2)15(10-12)19(21)22/h4-11H,1-3H3/b8-4+. The summed E-state index contributed by atoms with van der Waals surface area (Å²) in [6.07, 6.45) is 2.83. The lowest BCUT2D eigenvalue weighted by molar-refractivity contribution is -0.385. The van der Waals surface area contributed by atoms with Gasteiger partial charge in [0, 0.05) is 12.1 Å². The minimum absolute atomic E-state index is 0.158. The normalized spacial score (nSPS) is 10.5. The molecular weight excluding hydrogens is 326 g/mol. The van der Waals surface area contributed by atoms with E-state index in [1.807, 2.05) is 0 Å². The van der Waals surface area contributed by atoms with Crippen molar-refractivity contribution in [3.05, 3.63) is 63.7 Å². The van der Waals surface area contributed by atoms with Gasteiger partial charge in [-0.1, -0.05) is 12.1 Å². The second kappa shape index (κ2) is 7.96. The molecule has 7 nitrogen and oxygen atoms in total. The molecule has 2 aromatic carbocycles. The molecule has 0 aliphatic heterocycles. The van der Waals surface area contributed by atoms with E-state index in [0.29, 0.717) is 22.6 Å². The Hall–Kier alpha value is -3.35. The summed E-state index contributed by atoms with van der Waals surface area (Å²) in [5.74, 6) is 0.821. The summed E-state index contributed by atoms with van der Waals surface area (Å²) >= 11 is 0. The maximum Gasteiger partial charge on any atom is 0.311 e. The number of nitro groups is 1. The number of carbonyl (C=O) groups is 1. The van der Waals surface area contributed by atoms with Crippen molar-refractivity contribution in [2.75, 3.05) is 21.3 Å². The molecule has 25 heavy (non-hydrogen) atoms. The van der Waals surface area contributed by atoms with E-state index in [0.717, 1.165) is 0 Å². The number of nitrogens with zero attached hydrogens (tertiary/aromatic N) is 1. The highest BCUT2D eigenvalue weighted by atomic mass is 16.6. The van der Waals surface area contributed by atoms with Gasteiger partial charge < -0.3 is 14.2 Å². The fourth-order valence-corrected chi connectivity index (χ4v) is 2.22. The van der Waals surface area contributed by atoms with Crippen LogP contribution in [0.15, 0.2) is 42.5 Å². The Kier molecular flexibility index (Phi) is 5.73. The highest BCUT2D eigenvalue weighted by Crippen LogP contribution is 2.28. The van der Waals surface area contributed by atoms with Crippen LogP contribution in [0, 0.1) is 10.1 Å². The van der Waals surface area contributed by atoms with Gasteiger partial charge in [0.2, 0.25) is 0 Å². The lowest BCUT2D eigenvalue weighted by atomic mass is 10.1. The summed E-state index contributed by atoms with van der Waals surface area (Å²) in [7, 11) is 4.34. The number of carbonyl (C=O) groups excluding carboxylic acids is 1. The maximum atomic E-state index is 12.4. The summed E-state index contributed by atoms with van der Waals surface area (Å²) < 4.78 is 15.2. The third kappa shape index (κ3) is 4.14. The molecule has 130 valence electrons. The minimum Gasteiger partial charge on any atom is -0.497 e. The molecule has 0 bridgehead atoms. The second-order valence-electron chi connectivity index (χ2n) is 4.95. The summed E-state index contributed by atoms with van der Waals surface area (Å²) in [6.45, 7) is 0. The molecule has 0 saturated heterocycles. The van der Waals surface area contributed by atoms with Crippen molar-refractivity contribution in [3.63, 3.8) is 0 Å². The predicted molar refractivity (Wildman–Crippen MR) is 92.6 cm³/mol. The van der Waals surface area contributed by atoms with Crippen molar-refractivity contribution in [1.29, 1.82) is 0 Å². The van der Waals surface area contributed by atoms with Crippen molar-refractivity contribution >= 4 is 17.5 Å². The zero-order valence-corrected chi connectivity index (χ0v) is 14.0. The van der Waals surface area contributed by atoms with Gasteiger partial charge in [0.1, 0.15) is 11.5 Å². The molecular formula is C18H17NO6. The summed E-state index contributed by atoms with van der Waals surface area (Å²) in [4.78, 5) is 22.9. The third-order valence-electron chi connectivity index (χ3n) is 3.50. The zero-order chi connectivity index (χ0) is 18.4. The van der Waals surface area contributed by atoms with E-state index >= 15 is 0 Å². The Morgan fingerprint density at radius 3 is 2.32 bits per heavy atom. The topological polar surface area (TPSA) is 87.9 Å². The van der Waals surface area contributed by atoms with E-state index in [2.05, 4.69) is 0 Å². The van der Waals surface area contributed by atoms with Gasteiger partial charge in [-0.3, -0.25) is 14.9 Å². The second-order valence-corrected chi connectivity index (χ2v) is 4.95. The van der Waals surface area contributed by atoms with Gasteiger partial charge in [-0.25, -0.2) is 0 Å². The first kappa shape index (κ1) is 18.0. The van der Waals surface area contributed by atoms with Crippen molar-refractivity contribution in [2.45, 2.75) is 0 Å². The predicted octanol–water partition coefficient (Wildman–Crippen LogP) is 3.52. The Morgan fingerprint density at radius 2 is 1.72 bits per heavy atom. The highest BCUT2D eigenvalue weighted by Gasteiger charge is 2.15. The quantitative estimate of drug-likeness (QED) is 0.331. The van der Waals surface area contributed by atoms with Crippen molar-refractivity contribution in [1.82, 2.24) is 0 Å². The number of rotatable bonds is 7. The minimum atomic E-state index is -0.537. The Bertz CT molecular complexity index is 828. The van der Waals surface area contributed by atoms with Crippen LogP contribution in [-0.2, 0) is 0 Å². The number of ketones is 1. The van der Waals surface area contributed by atoms with Crippen LogP contribution >= 0.6 is 0 Å². The van der Waals surface area contributed by atoms with Crippen LogP contribution in [0.1, 0.15) is 15.9 Å². The van der Waals surface area contributed by atoms with E-state index in [4.69, 9.17) is 14.2 Å². The first-order valence-corrected chi connectivity index (χ1v) is 7.27. The van der Waals surface area contributed by atoms with Crippen LogP contribution in [0.4, 0.5) is 5.69 Å². The van der Waals surface area contributed by atoms with E-state index in [1.54, 1.807) is 24.3 Å². The molecule has 0 aliphatic carbocycles. The van der Waals surface area contributed by atoms with Crippen LogP contribution in [0.5, 0.6) is 17.2 Å². The third-order valence-corrected chi connectivity index (χ3v) is 3.50. The number of methoxy groups -OCH3 is 3. The molecule has 0 aromatic heterocycles. The lowest BCUT2D eigenvalue weighted by Gasteiger charge is -2.08. The van der Waals surface area contributed by atoms with Gasteiger partial charge in [-0.05, 0) is 29.8 Å². The molecule has 0 atom stereocenters. The number of allylic oxidation sites excluding steroid dienone is 1. The largest absolute Gasteiger partial charge is 0.497 e. The molecule has 0 amide bonds. The van der Waals surface area contributed by atoms with E-state index in [1.165, 1.54) is 45.6 Å². The average molecular weight is 343 g/mol. The number of benzene rings is 2. The molecule has 0 fully saturated rings. The fourth-order valence-electron chi connectivity index (χ4n) is 2.22. The van der Waals surface area contributed by atoms with Crippen molar-refractivity contribution in [3.8, 4) is 17.2 Å². The van der Waals surface area contributed by atoms with Crippen molar-refractivity contribution in [2.24, 2.45) is 0 Å². The van der Waals surface area contributed by atoms with Gasteiger partial charge in [0.15, 0.2) is 11.5 Å². The fraction of sp³-hybridized carbons (Fsp3) is 0.167. The van der Waals surface area contributed by atoms with E-state index < -0.39 is 4.92 Å².